The van der Waals surface area contributed by atoms with Gasteiger partial charge in [0.2, 0.25) is 10.0 Å². The van der Waals surface area contributed by atoms with Gasteiger partial charge in [-0.15, -0.1) is 0 Å². The molecule has 11 heteroatoms. The predicted octanol–water partition coefficient (Wildman–Crippen LogP) is 2.16. The van der Waals surface area contributed by atoms with Crippen molar-refractivity contribution >= 4 is 15.9 Å². The third-order valence-corrected chi connectivity index (χ3v) is 6.66. The second-order valence-electron chi connectivity index (χ2n) is 6.58. The molecule has 1 aliphatic heterocycles. The van der Waals surface area contributed by atoms with E-state index >= 15 is 0 Å². The summed E-state index contributed by atoms with van der Waals surface area (Å²) in [6, 6.07) is 7.25. The quantitative estimate of drug-likeness (QED) is 0.624. The van der Waals surface area contributed by atoms with Crippen LogP contribution in [0.25, 0.3) is 11.3 Å². The Morgan fingerprint density at radius 2 is 1.70 bits per heavy atom. The number of hydrogen-bond acceptors (Lipinski definition) is 6. The van der Waals surface area contributed by atoms with E-state index in [4.69, 9.17) is 4.52 Å². The minimum atomic E-state index is -4.14. The van der Waals surface area contributed by atoms with E-state index in [2.05, 4.69) is 10.1 Å². The Morgan fingerprint density at radius 1 is 1.00 bits per heavy atom. The minimum absolute atomic E-state index is 0.0278. The zero-order valence-corrected chi connectivity index (χ0v) is 16.3. The Labute approximate surface area is 170 Å². The van der Waals surface area contributed by atoms with Crippen LogP contribution in [0.5, 0.6) is 0 Å². The van der Waals surface area contributed by atoms with Crippen molar-refractivity contribution in [3.63, 3.8) is 0 Å². The van der Waals surface area contributed by atoms with Crippen molar-refractivity contribution in [1.29, 1.82) is 0 Å². The number of sulfonamides is 1. The molecule has 1 saturated heterocycles. The number of benzene rings is 1. The molecule has 30 heavy (non-hydrogen) atoms. The normalized spacial score (nSPS) is 15.3. The van der Waals surface area contributed by atoms with Crippen LogP contribution in [0.3, 0.4) is 0 Å². The van der Waals surface area contributed by atoms with Gasteiger partial charge in [0.1, 0.15) is 16.5 Å². The van der Waals surface area contributed by atoms with Crippen molar-refractivity contribution in [2.24, 2.45) is 0 Å². The smallest absolute Gasteiger partial charge is 0.276 e. The second-order valence-corrected chi connectivity index (χ2v) is 8.49. The standard InChI is InChI=1S/C19H16F2N4O4S/c20-14-1-2-18(15(21)11-14)30(27,28)25-9-7-24(8-10-25)19(26)16-12-17(29-23-16)13-3-5-22-6-4-13/h1-6,11-12H,7-10H2. The van der Waals surface area contributed by atoms with Crippen LogP contribution in [0.1, 0.15) is 10.5 Å². The number of aromatic nitrogens is 2. The van der Waals surface area contributed by atoms with Crippen molar-refractivity contribution in [3.8, 4) is 11.3 Å². The van der Waals surface area contributed by atoms with Gasteiger partial charge in [-0.3, -0.25) is 9.78 Å². The van der Waals surface area contributed by atoms with Crippen LogP contribution < -0.4 is 0 Å². The van der Waals surface area contributed by atoms with Gasteiger partial charge in [-0.05, 0) is 24.3 Å². The van der Waals surface area contributed by atoms with Crippen molar-refractivity contribution in [1.82, 2.24) is 19.3 Å². The lowest BCUT2D eigenvalue weighted by molar-refractivity contribution is 0.0687. The van der Waals surface area contributed by atoms with E-state index < -0.39 is 32.5 Å². The van der Waals surface area contributed by atoms with E-state index in [-0.39, 0.29) is 31.9 Å². The molecule has 0 unspecified atom stereocenters. The molecule has 0 bridgehead atoms. The fourth-order valence-electron chi connectivity index (χ4n) is 3.15. The first kappa shape index (κ1) is 20.1. The zero-order chi connectivity index (χ0) is 21.3. The van der Waals surface area contributed by atoms with Gasteiger partial charge in [-0.1, -0.05) is 5.16 Å². The molecule has 1 fully saturated rings. The molecule has 8 nitrogen and oxygen atoms in total. The molecule has 3 aromatic rings. The predicted molar refractivity (Wildman–Crippen MR) is 101 cm³/mol. The Hall–Kier alpha value is -3.18. The highest BCUT2D eigenvalue weighted by molar-refractivity contribution is 7.89. The molecule has 1 amide bonds. The molecule has 1 aliphatic rings. The molecule has 0 spiro atoms. The third kappa shape index (κ3) is 3.81. The number of piperazine rings is 1. The molecule has 0 N–H and O–H groups in total. The van der Waals surface area contributed by atoms with Crippen LogP contribution in [0, 0.1) is 11.6 Å². The molecule has 4 rings (SSSR count). The number of pyridine rings is 1. The average molecular weight is 434 g/mol. The van der Waals surface area contributed by atoms with Gasteiger partial charge >= 0.3 is 0 Å². The summed E-state index contributed by atoms with van der Waals surface area (Å²) in [6.45, 7) is 0.135. The number of hydrogen-bond donors (Lipinski definition) is 0. The van der Waals surface area contributed by atoms with Gasteiger partial charge in [-0.25, -0.2) is 17.2 Å². The maximum Gasteiger partial charge on any atom is 0.276 e. The summed E-state index contributed by atoms with van der Waals surface area (Å²) in [4.78, 5) is 17.4. The number of rotatable bonds is 4. The monoisotopic (exact) mass is 434 g/mol. The van der Waals surface area contributed by atoms with Crippen LogP contribution in [0.15, 0.2) is 58.2 Å². The molecule has 3 heterocycles. The van der Waals surface area contributed by atoms with E-state index in [9.17, 15) is 22.0 Å². The topological polar surface area (TPSA) is 96.6 Å². The highest BCUT2D eigenvalue weighted by atomic mass is 32.2. The minimum Gasteiger partial charge on any atom is -0.355 e. The number of amides is 1. The molecule has 156 valence electrons. The zero-order valence-electron chi connectivity index (χ0n) is 15.5. The van der Waals surface area contributed by atoms with E-state index in [1.807, 2.05) is 0 Å². The summed E-state index contributed by atoms with van der Waals surface area (Å²) >= 11 is 0. The van der Waals surface area contributed by atoms with E-state index in [1.165, 1.54) is 11.0 Å². The average Bonchev–Trinajstić information content (AvgIpc) is 3.24. The lowest BCUT2D eigenvalue weighted by atomic mass is 10.2. The number of nitrogens with zero attached hydrogens (tertiary/aromatic N) is 4. The Bertz CT molecular complexity index is 1180. The molecule has 2 aromatic heterocycles. The van der Waals surface area contributed by atoms with Crippen LogP contribution in [-0.4, -0.2) is 59.8 Å². The Balaban J connectivity index is 1.44. The Morgan fingerprint density at radius 3 is 2.37 bits per heavy atom. The molecule has 0 atom stereocenters. The van der Waals surface area contributed by atoms with Gasteiger partial charge in [-0.2, -0.15) is 4.31 Å². The SMILES string of the molecule is O=C(c1cc(-c2ccncc2)on1)N1CCN(S(=O)(=O)c2ccc(F)cc2F)CC1. The third-order valence-electron chi connectivity index (χ3n) is 4.73. The lowest BCUT2D eigenvalue weighted by Crippen LogP contribution is -2.50. The highest BCUT2D eigenvalue weighted by Gasteiger charge is 2.33. The largest absolute Gasteiger partial charge is 0.355 e. The van der Waals surface area contributed by atoms with Gasteiger partial charge in [0.15, 0.2) is 11.5 Å². The summed E-state index contributed by atoms with van der Waals surface area (Å²) in [5.74, 6) is -2.00. The number of carbonyl (C=O) groups is 1. The van der Waals surface area contributed by atoms with E-state index in [1.54, 1.807) is 24.5 Å². The summed E-state index contributed by atoms with van der Waals surface area (Å²) in [6.07, 6.45) is 3.17. The molecule has 0 radical (unpaired) electrons. The van der Waals surface area contributed by atoms with Crippen molar-refractivity contribution in [2.75, 3.05) is 26.2 Å². The van der Waals surface area contributed by atoms with Crippen molar-refractivity contribution in [3.05, 3.63) is 66.1 Å². The fourth-order valence-corrected chi connectivity index (χ4v) is 4.61. The Kier molecular flexibility index (Phi) is 5.31. The van der Waals surface area contributed by atoms with Gasteiger partial charge < -0.3 is 9.42 Å². The first-order valence-electron chi connectivity index (χ1n) is 8.98. The molecule has 1 aromatic carbocycles. The summed E-state index contributed by atoms with van der Waals surface area (Å²) in [5.41, 5.74) is 0.816. The fraction of sp³-hybridized carbons (Fsp3) is 0.211. The summed E-state index contributed by atoms with van der Waals surface area (Å²) in [7, 11) is -4.14. The first-order valence-corrected chi connectivity index (χ1v) is 10.4. The lowest BCUT2D eigenvalue weighted by Gasteiger charge is -2.33. The highest BCUT2D eigenvalue weighted by Crippen LogP contribution is 2.23. The number of halogens is 2. The maximum atomic E-state index is 13.9. The van der Waals surface area contributed by atoms with Crippen LogP contribution in [0.2, 0.25) is 0 Å². The van der Waals surface area contributed by atoms with Crippen molar-refractivity contribution in [2.45, 2.75) is 4.90 Å². The van der Waals surface area contributed by atoms with E-state index in [0.29, 0.717) is 17.4 Å². The van der Waals surface area contributed by atoms with E-state index in [0.717, 1.165) is 16.4 Å². The summed E-state index contributed by atoms with van der Waals surface area (Å²) < 4.78 is 58.6. The molecular weight excluding hydrogens is 418 g/mol. The van der Waals surface area contributed by atoms with Crippen molar-refractivity contribution < 1.29 is 26.5 Å². The molecule has 0 aliphatic carbocycles. The second kappa shape index (κ2) is 7.92. The maximum absolute atomic E-state index is 13.9. The van der Waals surface area contributed by atoms with Gasteiger partial charge in [0.05, 0.1) is 0 Å². The molecular formula is C19H16F2N4O4S. The van der Waals surface area contributed by atoms with Crippen LogP contribution in [-0.2, 0) is 10.0 Å². The van der Waals surface area contributed by atoms with Crippen LogP contribution >= 0.6 is 0 Å². The summed E-state index contributed by atoms with van der Waals surface area (Å²) in [5, 5.41) is 3.80. The first-order chi connectivity index (χ1) is 14.4. The van der Waals surface area contributed by atoms with Crippen LogP contribution in [0.4, 0.5) is 8.78 Å². The van der Waals surface area contributed by atoms with Gasteiger partial charge in [0, 0.05) is 56.3 Å². The number of carbonyl (C=O) groups excluding carboxylic acids is 1. The molecule has 0 saturated carbocycles. The van der Waals surface area contributed by atoms with Gasteiger partial charge in [0.25, 0.3) is 5.91 Å².